The molecule has 0 bridgehead atoms. The second-order valence-electron chi connectivity index (χ2n) is 5.12. The second-order valence-corrected chi connectivity index (χ2v) is 5.12. The van der Waals surface area contributed by atoms with Crippen LogP contribution < -0.4 is 10.5 Å². The van der Waals surface area contributed by atoms with Crippen LogP contribution >= 0.6 is 0 Å². The maximum atomic E-state index is 10.1. The molecule has 1 aromatic rings. The third-order valence-corrected chi connectivity index (χ3v) is 3.20. The lowest BCUT2D eigenvalue weighted by Crippen LogP contribution is -2.38. The summed E-state index contributed by atoms with van der Waals surface area (Å²) in [6, 6.07) is 5.91. The summed E-state index contributed by atoms with van der Waals surface area (Å²) in [4.78, 5) is 0. The molecule has 1 unspecified atom stereocenters. The van der Waals surface area contributed by atoms with E-state index in [1.807, 2.05) is 39.0 Å². The highest BCUT2D eigenvalue weighted by Gasteiger charge is 2.26. The number of benzene rings is 1. The largest absolute Gasteiger partial charge is 0.490 e. The van der Waals surface area contributed by atoms with Crippen molar-refractivity contribution in [3.05, 3.63) is 29.3 Å². The molecule has 0 aliphatic rings. The van der Waals surface area contributed by atoms with Gasteiger partial charge in [0.25, 0.3) is 0 Å². The summed E-state index contributed by atoms with van der Waals surface area (Å²) in [6.07, 6.45) is 0. The topological polar surface area (TPSA) is 55.5 Å². The van der Waals surface area contributed by atoms with E-state index in [0.29, 0.717) is 6.54 Å². The van der Waals surface area contributed by atoms with Gasteiger partial charge in [-0.2, -0.15) is 0 Å². The second kappa shape index (κ2) is 5.52. The van der Waals surface area contributed by atoms with Crippen LogP contribution in [0.3, 0.4) is 0 Å². The van der Waals surface area contributed by atoms with Crippen molar-refractivity contribution in [3.8, 4) is 5.75 Å². The molecule has 96 valence electrons. The van der Waals surface area contributed by atoms with Gasteiger partial charge in [0.15, 0.2) is 0 Å². The molecule has 0 amide bonds. The first-order valence-electron chi connectivity index (χ1n) is 6.01. The Morgan fingerprint density at radius 1 is 1.41 bits per heavy atom. The quantitative estimate of drug-likeness (QED) is 0.825. The number of rotatable bonds is 5. The highest BCUT2D eigenvalue weighted by Crippen LogP contribution is 2.23. The maximum absolute atomic E-state index is 10.1. The Labute approximate surface area is 104 Å². The molecule has 0 radical (unpaired) electrons. The Kier molecular flexibility index (Phi) is 4.54. The average Bonchev–Trinajstić information content (AvgIpc) is 2.27. The van der Waals surface area contributed by atoms with Gasteiger partial charge in [0.05, 0.1) is 5.60 Å². The van der Waals surface area contributed by atoms with E-state index in [9.17, 15) is 5.11 Å². The zero-order chi connectivity index (χ0) is 13.1. The van der Waals surface area contributed by atoms with Crippen LogP contribution in [0.4, 0.5) is 0 Å². The predicted octanol–water partition coefficient (Wildman–Crippen LogP) is 2.24. The maximum Gasteiger partial charge on any atom is 0.123 e. The van der Waals surface area contributed by atoms with Crippen molar-refractivity contribution < 1.29 is 9.84 Å². The molecule has 0 aliphatic carbocycles. The van der Waals surface area contributed by atoms with Crippen molar-refractivity contribution >= 4 is 0 Å². The molecule has 3 heteroatoms. The van der Waals surface area contributed by atoms with Crippen LogP contribution in [0.1, 0.15) is 31.9 Å². The molecule has 0 saturated heterocycles. The molecule has 0 saturated carbocycles. The van der Waals surface area contributed by atoms with Gasteiger partial charge in [-0.25, -0.2) is 0 Å². The third kappa shape index (κ3) is 3.72. The highest BCUT2D eigenvalue weighted by atomic mass is 16.5. The van der Waals surface area contributed by atoms with Gasteiger partial charge in [-0.05, 0) is 25.8 Å². The Balaban J connectivity index is 2.76. The lowest BCUT2D eigenvalue weighted by molar-refractivity contribution is -0.0268. The number of hydrogen-bond donors (Lipinski definition) is 2. The summed E-state index contributed by atoms with van der Waals surface area (Å²) in [5.41, 5.74) is 6.99. The molecular weight excluding hydrogens is 214 g/mol. The Bertz CT molecular complexity index is 372. The summed E-state index contributed by atoms with van der Waals surface area (Å²) in [7, 11) is 0. The van der Waals surface area contributed by atoms with E-state index in [1.54, 1.807) is 6.92 Å². The fourth-order valence-electron chi connectivity index (χ4n) is 1.40. The van der Waals surface area contributed by atoms with Gasteiger partial charge < -0.3 is 15.6 Å². The van der Waals surface area contributed by atoms with Crippen LogP contribution in [0.5, 0.6) is 5.75 Å². The van der Waals surface area contributed by atoms with Crippen LogP contribution in [0.15, 0.2) is 18.2 Å². The van der Waals surface area contributed by atoms with Crippen molar-refractivity contribution in [3.63, 3.8) is 0 Å². The van der Waals surface area contributed by atoms with E-state index >= 15 is 0 Å². The molecule has 1 atom stereocenters. The Morgan fingerprint density at radius 2 is 2.06 bits per heavy atom. The Morgan fingerprint density at radius 3 is 2.59 bits per heavy atom. The van der Waals surface area contributed by atoms with Crippen LogP contribution in [-0.4, -0.2) is 17.3 Å². The van der Waals surface area contributed by atoms with E-state index in [1.165, 1.54) is 0 Å². The van der Waals surface area contributed by atoms with Gasteiger partial charge in [0, 0.05) is 12.1 Å². The van der Waals surface area contributed by atoms with E-state index in [0.717, 1.165) is 16.9 Å². The summed E-state index contributed by atoms with van der Waals surface area (Å²) < 4.78 is 5.68. The fraction of sp³-hybridized carbons (Fsp3) is 0.571. The normalized spacial score (nSPS) is 14.8. The molecule has 0 aliphatic heterocycles. The van der Waals surface area contributed by atoms with Gasteiger partial charge >= 0.3 is 0 Å². The monoisotopic (exact) mass is 237 g/mol. The molecule has 0 heterocycles. The molecule has 0 aromatic heterocycles. The van der Waals surface area contributed by atoms with Crippen LogP contribution in [0, 0.1) is 12.8 Å². The van der Waals surface area contributed by atoms with Gasteiger partial charge in [-0.3, -0.25) is 0 Å². The van der Waals surface area contributed by atoms with E-state index in [4.69, 9.17) is 10.5 Å². The fourth-order valence-corrected chi connectivity index (χ4v) is 1.40. The van der Waals surface area contributed by atoms with Crippen LogP contribution in [0.25, 0.3) is 0 Å². The van der Waals surface area contributed by atoms with Crippen LogP contribution in [0.2, 0.25) is 0 Å². The molecule has 0 fully saturated rings. The minimum atomic E-state index is -0.823. The number of aryl methyl sites for hydroxylation is 1. The highest BCUT2D eigenvalue weighted by molar-refractivity contribution is 5.36. The molecule has 3 N–H and O–H groups in total. The average molecular weight is 237 g/mol. The minimum absolute atomic E-state index is 0.147. The standard InChI is InChI=1S/C14H23NO2/c1-10(2)14(4,16)9-17-13-6-5-11(3)7-12(13)8-15/h5-7,10,16H,8-9,15H2,1-4H3. The molecule has 0 spiro atoms. The summed E-state index contributed by atoms with van der Waals surface area (Å²) in [5, 5.41) is 10.1. The van der Waals surface area contributed by atoms with Gasteiger partial charge in [0.1, 0.15) is 12.4 Å². The Hall–Kier alpha value is -1.06. The molecular formula is C14H23NO2. The first kappa shape index (κ1) is 14.0. The zero-order valence-electron chi connectivity index (χ0n) is 11.2. The predicted molar refractivity (Wildman–Crippen MR) is 70.0 cm³/mol. The van der Waals surface area contributed by atoms with Gasteiger partial charge in [0.2, 0.25) is 0 Å². The SMILES string of the molecule is Cc1ccc(OCC(C)(O)C(C)C)c(CN)c1. The van der Waals surface area contributed by atoms with Crippen molar-refractivity contribution in [2.24, 2.45) is 11.7 Å². The van der Waals surface area contributed by atoms with Gasteiger partial charge in [-0.1, -0.05) is 31.5 Å². The molecule has 17 heavy (non-hydrogen) atoms. The zero-order valence-corrected chi connectivity index (χ0v) is 11.2. The van der Waals surface area contributed by atoms with Crippen molar-refractivity contribution in [2.45, 2.75) is 39.8 Å². The van der Waals surface area contributed by atoms with E-state index in [-0.39, 0.29) is 12.5 Å². The van der Waals surface area contributed by atoms with Crippen LogP contribution in [-0.2, 0) is 6.54 Å². The molecule has 3 nitrogen and oxygen atoms in total. The van der Waals surface area contributed by atoms with Crippen molar-refractivity contribution in [1.82, 2.24) is 0 Å². The molecule has 1 aromatic carbocycles. The first-order chi connectivity index (χ1) is 7.86. The minimum Gasteiger partial charge on any atom is -0.490 e. The smallest absolute Gasteiger partial charge is 0.123 e. The third-order valence-electron chi connectivity index (χ3n) is 3.20. The van der Waals surface area contributed by atoms with Gasteiger partial charge in [-0.15, -0.1) is 0 Å². The summed E-state index contributed by atoms with van der Waals surface area (Å²) in [6.45, 7) is 8.48. The van der Waals surface area contributed by atoms with Crippen molar-refractivity contribution in [1.29, 1.82) is 0 Å². The van der Waals surface area contributed by atoms with E-state index in [2.05, 4.69) is 0 Å². The van der Waals surface area contributed by atoms with Crippen molar-refractivity contribution in [2.75, 3.05) is 6.61 Å². The number of aliphatic hydroxyl groups is 1. The lowest BCUT2D eigenvalue weighted by Gasteiger charge is -2.28. The number of ether oxygens (including phenoxy) is 1. The lowest BCUT2D eigenvalue weighted by atomic mass is 9.94. The first-order valence-corrected chi connectivity index (χ1v) is 6.01. The van der Waals surface area contributed by atoms with E-state index < -0.39 is 5.60 Å². The molecule has 1 rings (SSSR count). The number of nitrogens with two attached hydrogens (primary N) is 1. The number of hydrogen-bond acceptors (Lipinski definition) is 3. The summed E-state index contributed by atoms with van der Waals surface area (Å²) >= 11 is 0. The summed E-state index contributed by atoms with van der Waals surface area (Å²) in [5.74, 6) is 0.910.